The summed E-state index contributed by atoms with van der Waals surface area (Å²) in [5, 5.41) is 3.51. The molecular formula is C11H16ClNS. The first-order valence-corrected chi connectivity index (χ1v) is 5.85. The lowest BCUT2D eigenvalue weighted by atomic mass is 10.3. The Kier molecular flexibility index (Phi) is 5.38. The number of hydrogen-bond acceptors (Lipinski definition) is 2. The molecule has 1 aliphatic heterocycles. The van der Waals surface area contributed by atoms with Crippen molar-refractivity contribution in [2.75, 3.05) is 12.3 Å². The van der Waals surface area contributed by atoms with E-state index in [1.54, 1.807) is 0 Å². The van der Waals surface area contributed by atoms with Gasteiger partial charge in [0, 0.05) is 16.7 Å². The summed E-state index contributed by atoms with van der Waals surface area (Å²) in [5.74, 6) is 1.21. The van der Waals surface area contributed by atoms with E-state index in [1.165, 1.54) is 30.0 Å². The van der Waals surface area contributed by atoms with E-state index in [4.69, 9.17) is 0 Å². The van der Waals surface area contributed by atoms with Gasteiger partial charge in [0.2, 0.25) is 0 Å². The van der Waals surface area contributed by atoms with Crippen molar-refractivity contribution in [3.8, 4) is 0 Å². The van der Waals surface area contributed by atoms with Gasteiger partial charge in [-0.05, 0) is 31.5 Å². The summed E-state index contributed by atoms with van der Waals surface area (Å²) in [7, 11) is 0. The molecule has 1 aromatic rings. The van der Waals surface area contributed by atoms with E-state index < -0.39 is 0 Å². The zero-order chi connectivity index (χ0) is 8.93. The number of thioether (sulfide) groups is 1. The van der Waals surface area contributed by atoms with Gasteiger partial charge in [-0.25, -0.2) is 0 Å². The largest absolute Gasteiger partial charge is 0.313 e. The third-order valence-corrected chi connectivity index (χ3v) is 3.53. The highest BCUT2D eigenvalue weighted by Gasteiger charge is 2.13. The Balaban J connectivity index is 0.000000980. The van der Waals surface area contributed by atoms with E-state index >= 15 is 0 Å². The molecule has 0 aromatic heterocycles. The summed E-state index contributed by atoms with van der Waals surface area (Å²) >= 11 is 1.96. The molecule has 78 valence electrons. The van der Waals surface area contributed by atoms with Gasteiger partial charge in [0.1, 0.15) is 0 Å². The molecule has 0 bridgehead atoms. The molecule has 0 radical (unpaired) electrons. The van der Waals surface area contributed by atoms with Gasteiger partial charge in [-0.2, -0.15) is 0 Å². The molecule has 1 aliphatic rings. The van der Waals surface area contributed by atoms with Crippen LogP contribution >= 0.6 is 24.2 Å². The van der Waals surface area contributed by atoms with E-state index in [-0.39, 0.29) is 12.4 Å². The molecule has 1 heterocycles. The quantitative estimate of drug-likeness (QED) is 0.800. The SMILES string of the molecule is Cl.c1ccc(SC[C@@H]2CCCN2)cc1. The molecule has 1 nitrogen and oxygen atoms in total. The molecule has 0 aliphatic carbocycles. The Hall–Kier alpha value is -0.180. The van der Waals surface area contributed by atoms with Gasteiger partial charge >= 0.3 is 0 Å². The Bertz CT molecular complexity index is 247. The molecular weight excluding hydrogens is 214 g/mol. The first-order valence-electron chi connectivity index (χ1n) is 4.86. The van der Waals surface area contributed by atoms with Crippen molar-refractivity contribution < 1.29 is 0 Å². The lowest BCUT2D eigenvalue weighted by Crippen LogP contribution is -2.23. The van der Waals surface area contributed by atoms with Crippen molar-refractivity contribution in [3.05, 3.63) is 30.3 Å². The molecule has 0 spiro atoms. The van der Waals surface area contributed by atoms with Gasteiger partial charge in [-0.3, -0.25) is 0 Å². The summed E-state index contributed by atoms with van der Waals surface area (Å²) in [6.45, 7) is 1.21. The van der Waals surface area contributed by atoms with Gasteiger partial charge in [0.15, 0.2) is 0 Å². The highest BCUT2D eigenvalue weighted by atomic mass is 35.5. The Morgan fingerprint density at radius 3 is 2.71 bits per heavy atom. The summed E-state index contributed by atoms with van der Waals surface area (Å²) < 4.78 is 0. The molecule has 14 heavy (non-hydrogen) atoms. The second kappa shape index (κ2) is 6.33. The normalized spacial score (nSPS) is 20.4. The standard InChI is InChI=1S/C11H15NS.ClH/c1-2-6-11(7-3-1)13-9-10-5-4-8-12-10;/h1-3,6-7,10,12H,4-5,8-9H2;1H/t10-;/m0./s1. The maximum Gasteiger partial charge on any atom is 0.0162 e. The molecule has 3 heteroatoms. The Morgan fingerprint density at radius 2 is 2.07 bits per heavy atom. The zero-order valence-electron chi connectivity index (χ0n) is 8.11. The minimum Gasteiger partial charge on any atom is -0.313 e. The van der Waals surface area contributed by atoms with Crippen LogP contribution in [-0.4, -0.2) is 18.3 Å². The van der Waals surface area contributed by atoms with Crippen molar-refractivity contribution in [3.63, 3.8) is 0 Å². The predicted molar refractivity (Wildman–Crippen MR) is 65.4 cm³/mol. The topological polar surface area (TPSA) is 12.0 Å². The summed E-state index contributed by atoms with van der Waals surface area (Å²) in [6, 6.07) is 11.4. The second-order valence-electron chi connectivity index (χ2n) is 3.42. The summed E-state index contributed by atoms with van der Waals surface area (Å²) in [6.07, 6.45) is 2.69. The van der Waals surface area contributed by atoms with Crippen LogP contribution in [0, 0.1) is 0 Å². The number of hydrogen-bond donors (Lipinski definition) is 1. The van der Waals surface area contributed by atoms with Crippen molar-refractivity contribution in [1.29, 1.82) is 0 Å². The number of nitrogens with one attached hydrogen (secondary N) is 1. The molecule has 1 N–H and O–H groups in total. The lowest BCUT2D eigenvalue weighted by Gasteiger charge is -2.08. The van der Waals surface area contributed by atoms with Crippen LogP contribution < -0.4 is 5.32 Å². The van der Waals surface area contributed by atoms with Crippen LogP contribution in [0.5, 0.6) is 0 Å². The predicted octanol–water partition coefficient (Wildman–Crippen LogP) is 2.95. The Labute approximate surface area is 96.1 Å². The van der Waals surface area contributed by atoms with Crippen molar-refractivity contribution in [2.24, 2.45) is 0 Å². The van der Waals surface area contributed by atoms with Gasteiger partial charge in [-0.1, -0.05) is 18.2 Å². The number of rotatable bonds is 3. The average Bonchev–Trinajstić information content (AvgIpc) is 2.69. The molecule has 2 rings (SSSR count). The smallest absolute Gasteiger partial charge is 0.0162 e. The monoisotopic (exact) mass is 229 g/mol. The van der Waals surface area contributed by atoms with Crippen LogP contribution in [0.3, 0.4) is 0 Å². The molecule has 1 atom stereocenters. The van der Waals surface area contributed by atoms with Gasteiger partial charge in [0.25, 0.3) is 0 Å². The fourth-order valence-electron chi connectivity index (χ4n) is 1.61. The van der Waals surface area contributed by atoms with Gasteiger partial charge in [0.05, 0.1) is 0 Å². The molecule has 1 aromatic carbocycles. The minimum atomic E-state index is 0. The minimum absolute atomic E-state index is 0. The highest BCUT2D eigenvalue weighted by Crippen LogP contribution is 2.20. The van der Waals surface area contributed by atoms with Crippen molar-refractivity contribution in [2.45, 2.75) is 23.8 Å². The summed E-state index contributed by atoms with van der Waals surface area (Å²) in [5.41, 5.74) is 0. The summed E-state index contributed by atoms with van der Waals surface area (Å²) in [4.78, 5) is 1.39. The average molecular weight is 230 g/mol. The van der Waals surface area contributed by atoms with Crippen LogP contribution in [0.2, 0.25) is 0 Å². The zero-order valence-corrected chi connectivity index (χ0v) is 9.74. The Morgan fingerprint density at radius 1 is 1.29 bits per heavy atom. The van der Waals surface area contributed by atoms with Crippen LogP contribution in [0.15, 0.2) is 35.2 Å². The van der Waals surface area contributed by atoms with Gasteiger partial charge in [-0.15, -0.1) is 24.2 Å². The first kappa shape index (κ1) is 11.9. The van der Waals surface area contributed by atoms with E-state index in [0.717, 1.165) is 6.04 Å². The van der Waals surface area contributed by atoms with Gasteiger partial charge < -0.3 is 5.32 Å². The van der Waals surface area contributed by atoms with Crippen LogP contribution in [0.4, 0.5) is 0 Å². The van der Waals surface area contributed by atoms with E-state index in [9.17, 15) is 0 Å². The fourth-order valence-corrected chi connectivity index (χ4v) is 2.64. The molecule has 1 fully saturated rings. The van der Waals surface area contributed by atoms with Crippen molar-refractivity contribution >= 4 is 24.2 Å². The lowest BCUT2D eigenvalue weighted by molar-refractivity contribution is 0.674. The second-order valence-corrected chi connectivity index (χ2v) is 4.51. The maximum absolute atomic E-state index is 3.51. The third kappa shape index (κ3) is 3.52. The van der Waals surface area contributed by atoms with E-state index in [0.29, 0.717) is 0 Å². The van der Waals surface area contributed by atoms with Crippen LogP contribution in [0.25, 0.3) is 0 Å². The molecule has 0 unspecified atom stereocenters. The van der Waals surface area contributed by atoms with E-state index in [2.05, 4.69) is 35.6 Å². The van der Waals surface area contributed by atoms with E-state index in [1.807, 2.05) is 11.8 Å². The highest BCUT2D eigenvalue weighted by molar-refractivity contribution is 7.99. The molecule has 0 saturated carbocycles. The first-order chi connectivity index (χ1) is 6.45. The third-order valence-electron chi connectivity index (χ3n) is 2.36. The van der Waals surface area contributed by atoms with Crippen molar-refractivity contribution in [1.82, 2.24) is 5.32 Å². The molecule has 0 amide bonds. The number of halogens is 1. The molecule has 1 saturated heterocycles. The fraction of sp³-hybridized carbons (Fsp3) is 0.455. The van der Waals surface area contributed by atoms with Crippen LogP contribution in [-0.2, 0) is 0 Å². The maximum atomic E-state index is 3.51. The number of benzene rings is 1. The van der Waals surface area contributed by atoms with Crippen LogP contribution in [0.1, 0.15) is 12.8 Å².